The van der Waals surface area contributed by atoms with Crippen LogP contribution in [0.5, 0.6) is 11.5 Å². The number of amides is 1. The number of aromatic nitrogens is 3. The number of nitrogens with one attached hydrogen (secondary N) is 1. The van der Waals surface area contributed by atoms with E-state index in [-0.39, 0.29) is 11.7 Å². The Hall–Kier alpha value is -2.16. The van der Waals surface area contributed by atoms with E-state index < -0.39 is 5.79 Å². The Morgan fingerprint density at radius 3 is 2.77 bits per heavy atom. The van der Waals surface area contributed by atoms with Crippen molar-refractivity contribution in [1.29, 1.82) is 0 Å². The fourth-order valence-electron chi connectivity index (χ4n) is 3.79. The van der Waals surface area contributed by atoms with Gasteiger partial charge in [0.05, 0.1) is 15.8 Å². The third-order valence-corrected chi connectivity index (χ3v) is 6.59. The minimum atomic E-state index is -0.531. The normalized spacial score (nSPS) is 16.9. The standard InChI is InChI=1S/C20H18Cl2N4O3S/c21-12-8-14(22)18-24-25-19(26(18)10-12)30-11-17(27)23-13-4-5-15-16(9-13)29-20(28-15)6-2-1-3-7-20/h4-5,8-10H,1-3,6-7,11H2,(H,23,27). The van der Waals surface area contributed by atoms with Gasteiger partial charge in [0.1, 0.15) is 0 Å². The average molecular weight is 465 g/mol. The molecule has 0 bridgehead atoms. The molecule has 7 nitrogen and oxygen atoms in total. The first-order valence-corrected chi connectivity index (χ1v) is 11.4. The predicted octanol–water partition coefficient (Wildman–Crippen LogP) is 5.20. The third-order valence-electron chi connectivity index (χ3n) is 5.16. The van der Waals surface area contributed by atoms with E-state index in [0.29, 0.717) is 32.3 Å². The molecule has 1 N–H and O–H groups in total. The molecule has 0 unspecified atom stereocenters. The van der Waals surface area contributed by atoms with E-state index in [1.54, 1.807) is 16.7 Å². The Kier molecular flexibility index (Phi) is 5.16. The van der Waals surface area contributed by atoms with E-state index in [4.69, 9.17) is 32.7 Å². The molecule has 3 aromatic rings. The van der Waals surface area contributed by atoms with E-state index in [1.807, 2.05) is 18.2 Å². The number of benzene rings is 1. The molecule has 156 valence electrons. The summed E-state index contributed by atoms with van der Waals surface area (Å²) in [5, 5.41) is 12.4. The van der Waals surface area contributed by atoms with Crippen LogP contribution in [0.4, 0.5) is 5.69 Å². The van der Waals surface area contributed by atoms with Gasteiger partial charge in [0.2, 0.25) is 5.91 Å². The number of halogens is 2. The molecule has 0 saturated heterocycles. The number of pyridine rings is 1. The smallest absolute Gasteiger partial charge is 0.251 e. The van der Waals surface area contributed by atoms with Gasteiger partial charge in [0.25, 0.3) is 5.79 Å². The molecule has 1 amide bonds. The van der Waals surface area contributed by atoms with Crippen molar-refractivity contribution in [3.63, 3.8) is 0 Å². The summed E-state index contributed by atoms with van der Waals surface area (Å²) in [4.78, 5) is 12.5. The number of rotatable bonds is 4. The van der Waals surface area contributed by atoms with Gasteiger partial charge in [-0.1, -0.05) is 41.4 Å². The van der Waals surface area contributed by atoms with Crippen LogP contribution in [0, 0.1) is 0 Å². The second-order valence-corrected chi connectivity index (χ2v) is 9.14. The lowest BCUT2D eigenvalue weighted by molar-refractivity contribution is -0.113. The molecule has 30 heavy (non-hydrogen) atoms. The van der Waals surface area contributed by atoms with Crippen LogP contribution in [-0.4, -0.2) is 32.0 Å². The summed E-state index contributed by atoms with van der Waals surface area (Å²) < 4.78 is 13.9. The number of carbonyl (C=O) groups excluding carboxylic acids is 1. The van der Waals surface area contributed by atoms with Gasteiger partial charge < -0.3 is 14.8 Å². The van der Waals surface area contributed by atoms with Crippen molar-refractivity contribution in [2.24, 2.45) is 0 Å². The number of carbonyl (C=O) groups is 1. The lowest BCUT2D eigenvalue weighted by atomic mass is 9.94. The molecule has 0 radical (unpaired) electrons. The second kappa shape index (κ2) is 7.83. The Bertz CT molecular complexity index is 1130. The molecule has 3 heterocycles. The number of ether oxygens (including phenoxy) is 2. The maximum Gasteiger partial charge on any atom is 0.251 e. The summed E-state index contributed by atoms with van der Waals surface area (Å²) >= 11 is 13.4. The monoisotopic (exact) mass is 464 g/mol. The number of thioether (sulfide) groups is 1. The van der Waals surface area contributed by atoms with Crippen molar-refractivity contribution in [2.75, 3.05) is 11.1 Å². The van der Waals surface area contributed by atoms with Crippen LogP contribution in [0.3, 0.4) is 0 Å². The largest absolute Gasteiger partial charge is 0.448 e. The van der Waals surface area contributed by atoms with Gasteiger partial charge in [0, 0.05) is 30.8 Å². The maximum atomic E-state index is 12.5. The van der Waals surface area contributed by atoms with E-state index >= 15 is 0 Å². The topological polar surface area (TPSA) is 77.8 Å². The van der Waals surface area contributed by atoms with Crippen LogP contribution in [0.25, 0.3) is 5.65 Å². The number of fused-ring (bicyclic) bond motifs is 2. The van der Waals surface area contributed by atoms with Gasteiger partial charge >= 0.3 is 0 Å². The van der Waals surface area contributed by atoms with Crippen LogP contribution in [0.1, 0.15) is 32.1 Å². The second-order valence-electron chi connectivity index (χ2n) is 7.36. The summed E-state index contributed by atoms with van der Waals surface area (Å²) in [6, 6.07) is 7.08. The Labute approximate surface area is 187 Å². The van der Waals surface area contributed by atoms with Crippen LogP contribution >= 0.6 is 35.0 Å². The molecular weight excluding hydrogens is 447 g/mol. The van der Waals surface area contributed by atoms with Gasteiger partial charge in [0.15, 0.2) is 22.3 Å². The van der Waals surface area contributed by atoms with Crippen molar-refractivity contribution in [1.82, 2.24) is 14.6 Å². The first-order valence-electron chi connectivity index (χ1n) is 9.66. The van der Waals surface area contributed by atoms with Gasteiger partial charge in [-0.3, -0.25) is 9.20 Å². The summed E-state index contributed by atoms with van der Waals surface area (Å²) in [6.07, 6.45) is 6.86. The van der Waals surface area contributed by atoms with Crippen LogP contribution in [-0.2, 0) is 4.79 Å². The minimum Gasteiger partial charge on any atom is -0.448 e. The van der Waals surface area contributed by atoms with Gasteiger partial charge in [-0.25, -0.2) is 0 Å². The van der Waals surface area contributed by atoms with Crippen LogP contribution in [0.2, 0.25) is 10.0 Å². The highest BCUT2D eigenvalue weighted by Gasteiger charge is 2.42. The van der Waals surface area contributed by atoms with Gasteiger partial charge in [-0.15, -0.1) is 10.2 Å². The molecular formula is C20H18Cl2N4O3S. The summed E-state index contributed by atoms with van der Waals surface area (Å²) in [5.74, 6) is 0.860. The number of hydrogen-bond acceptors (Lipinski definition) is 6. The maximum absolute atomic E-state index is 12.5. The highest BCUT2D eigenvalue weighted by Crippen LogP contribution is 2.46. The van der Waals surface area contributed by atoms with E-state index in [0.717, 1.165) is 31.4 Å². The minimum absolute atomic E-state index is 0.156. The number of hydrogen-bond donors (Lipinski definition) is 1. The van der Waals surface area contributed by atoms with Crippen molar-refractivity contribution in [2.45, 2.75) is 43.0 Å². The molecule has 10 heteroatoms. The molecule has 1 fully saturated rings. The zero-order valence-corrected chi connectivity index (χ0v) is 18.2. The zero-order chi connectivity index (χ0) is 20.7. The fraction of sp³-hybridized carbons (Fsp3) is 0.350. The van der Waals surface area contributed by atoms with Crippen LogP contribution < -0.4 is 14.8 Å². The van der Waals surface area contributed by atoms with E-state index in [1.165, 1.54) is 18.2 Å². The lowest BCUT2D eigenvalue weighted by Gasteiger charge is -2.31. The third kappa shape index (κ3) is 3.79. The highest BCUT2D eigenvalue weighted by atomic mass is 35.5. The summed E-state index contributed by atoms with van der Waals surface area (Å²) in [5.41, 5.74) is 1.16. The molecule has 1 aromatic carbocycles. The van der Waals surface area contributed by atoms with Crippen LogP contribution in [0.15, 0.2) is 35.6 Å². The molecule has 2 aromatic heterocycles. The molecule has 1 aliphatic heterocycles. The lowest BCUT2D eigenvalue weighted by Crippen LogP contribution is -2.40. The Balaban J connectivity index is 1.24. The first kappa shape index (κ1) is 19.8. The SMILES string of the molecule is O=C(CSc1nnc2c(Cl)cc(Cl)cn12)Nc1ccc2c(c1)OC1(CCCCC1)O2. The predicted molar refractivity (Wildman–Crippen MR) is 116 cm³/mol. The Morgan fingerprint density at radius 2 is 1.93 bits per heavy atom. The number of nitrogens with zero attached hydrogens (tertiary/aromatic N) is 3. The van der Waals surface area contributed by atoms with Crippen molar-refractivity contribution < 1.29 is 14.3 Å². The highest BCUT2D eigenvalue weighted by molar-refractivity contribution is 7.99. The Morgan fingerprint density at radius 1 is 1.13 bits per heavy atom. The molecule has 2 aliphatic rings. The zero-order valence-electron chi connectivity index (χ0n) is 15.9. The summed E-state index contributed by atoms with van der Waals surface area (Å²) in [7, 11) is 0. The average Bonchev–Trinajstić information content (AvgIpc) is 3.27. The summed E-state index contributed by atoms with van der Waals surface area (Å²) in [6.45, 7) is 0. The fourth-order valence-corrected chi connectivity index (χ4v) is 5.01. The molecule has 0 atom stereocenters. The van der Waals surface area contributed by atoms with E-state index in [2.05, 4.69) is 15.5 Å². The molecule has 1 saturated carbocycles. The quantitative estimate of drug-likeness (QED) is 0.534. The molecule has 1 spiro atoms. The van der Waals surface area contributed by atoms with Crippen molar-refractivity contribution in [3.8, 4) is 11.5 Å². The van der Waals surface area contributed by atoms with Crippen molar-refractivity contribution >= 4 is 52.2 Å². The first-order chi connectivity index (χ1) is 14.5. The number of anilines is 1. The van der Waals surface area contributed by atoms with Gasteiger partial charge in [-0.2, -0.15) is 0 Å². The van der Waals surface area contributed by atoms with Crippen molar-refractivity contribution in [3.05, 3.63) is 40.5 Å². The molecule has 5 rings (SSSR count). The van der Waals surface area contributed by atoms with E-state index in [9.17, 15) is 4.79 Å². The molecule has 1 aliphatic carbocycles. The van der Waals surface area contributed by atoms with Gasteiger partial charge in [-0.05, 0) is 31.0 Å².